The van der Waals surface area contributed by atoms with Crippen LogP contribution in [0, 0.1) is 0 Å². The summed E-state index contributed by atoms with van der Waals surface area (Å²) in [7, 11) is 1.84. The fraction of sp³-hybridized carbons (Fsp3) is 0.167. The first-order valence-electron chi connectivity index (χ1n) is 5.67. The van der Waals surface area contributed by atoms with Gasteiger partial charge in [0.25, 0.3) is 0 Å². The minimum atomic E-state index is -0.962. The van der Waals surface area contributed by atoms with E-state index in [1.807, 2.05) is 13.2 Å². The number of aromatic carboxylic acids is 1. The van der Waals surface area contributed by atoms with Crippen molar-refractivity contribution in [3.63, 3.8) is 0 Å². The average molecular weight is 257 g/mol. The first-order chi connectivity index (χ1) is 9.13. The molecule has 0 saturated heterocycles. The van der Waals surface area contributed by atoms with Gasteiger partial charge in [-0.25, -0.2) is 9.48 Å². The number of nitrogens with zero attached hydrogens (tertiary/aromatic N) is 5. The molecular formula is C12H11N5O2. The molecule has 2 aromatic heterocycles. The number of carboxylic acids is 1. The summed E-state index contributed by atoms with van der Waals surface area (Å²) < 4.78 is 3.37. The number of aryl methyl sites for hydroxylation is 1. The highest BCUT2D eigenvalue weighted by Gasteiger charge is 2.10. The van der Waals surface area contributed by atoms with Gasteiger partial charge in [-0.2, -0.15) is 5.10 Å². The van der Waals surface area contributed by atoms with Gasteiger partial charge in [-0.1, -0.05) is 5.21 Å². The maximum Gasteiger partial charge on any atom is 0.335 e. The van der Waals surface area contributed by atoms with Crippen molar-refractivity contribution >= 4 is 17.0 Å². The van der Waals surface area contributed by atoms with Crippen molar-refractivity contribution in [1.29, 1.82) is 0 Å². The van der Waals surface area contributed by atoms with Gasteiger partial charge in [0.2, 0.25) is 0 Å². The Kier molecular flexibility index (Phi) is 2.52. The predicted molar refractivity (Wildman–Crippen MR) is 66.8 cm³/mol. The van der Waals surface area contributed by atoms with Crippen molar-refractivity contribution in [1.82, 2.24) is 24.8 Å². The van der Waals surface area contributed by atoms with E-state index in [1.54, 1.807) is 27.7 Å². The minimum absolute atomic E-state index is 0.224. The van der Waals surface area contributed by atoms with Gasteiger partial charge in [0.15, 0.2) is 0 Å². The van der Waals surface area contributed by atoms with Gasteiger partial charge in [-0.3, -0.25) is 4.68 Å². The number of hydrogen-bond donors (Lipinski definition) is 1. The largest absolute Gasteiger partial charge is 0.478 e. The van der Waals surface area contributed by atoms with Crippen molar-refractivity contribution in [3.8, 4) is 0 Å². The second kappa shape index (κ2) is 4.20. The molecule has 0 aliphatic rings. The first-order valence-corrected chi connectivity index (χ1v) is 5.67. The third-order valence-corrected chi connectivity index (χ3v) is 2.85. The molecule has 0 spiro atoms. The summed E-state index contributed by atoms with van der Waals surface area (Å²) in [5, 5.41) is 21.1. The molecule has 0 bridgehead atoms. The molecule has 1 N–H and O–H groups in total. The molecule has 0 radical (unpaired) electrons. The van der Waals surface area contributed by atoms with E-state index < -0.39 is 5.97 Å². The Bertz CT molecular complexity index is 758. The van der Waals surface area contributed by atoms with Gasteiger partial charge in [-0.05, 0) is 18.2 Å². The van der Waals surface area contributed by atoms with Crippen LogP contribution in [0.4, 0.5) is 0 Å². The lowest BCUT2D eigenvalue weighted by molar-refractivity contribution is 0.0697. The third-order valence-electron chi connectivity index (χ3n) is 2.85. The molecule has 7 heteroatoms. The molecule has 0 atom stereocenters. The van der Waals surface area contributed by atoms with Crippen molar-refractivity contribution in [2.75, 3.05) is 0 Å². The Morgan fingerprint density at radius 1 is 1.42 bits per heavy atom. The van der Waals surface area contributed by atoms with Crippen LogP contribution in [0.2, 0.25) is 0 Å². The van der Waals surface area contributed by atoms with Crippen LogP contribution in [0.25, 0.3) is 11.0 Å². The van der Waals surface area contributed by atoms with E-state index in [9.17, 15) is 4.79 Å². The Hall–Kier alpha value is -2.70. The molecular weight excluding hydrogens is 246 g/mol. The summed E-state index contributed by atoms with van der Waals surface area (Å²) in [5.74, 6) is -0.962. The number of rotatable bonds is 3. The summed E-state index contributed by atoms with van der Waals surface area (Å²) in [6.45, 7) is 0.507. The van der Waals surface area contributed by atoms with Crippen LogP contribution >= 0.6 is 0 Å². The van der Waals surface area contributed by atoms with Gasteiger partial charge < -0.3 is 5.11 Å². The molecule has 0 aliphatic carbocycles. The highest BCUT2D eigenvalue weighted by atomic mass is 16.4. The summed E-state index contributed by atoms with van der Waals surface area (Å²) in [6, 6.07) is 4.76. The van der Waals surface area contributed by atoms with Crippen molar-refractivity contribution in [2.45, 2.75) is 6.54 Å². The van der Waals surface area contributed by atoms with Crippen LogP contribution in [-0.4, -0.2) is 35.9 Å². The lowest BCUT2D eigenvalue weighted by Crippen LogP contribution is -2.02. The maximum atomic E-state index is 11.0. The Morgan fingerprint density at radius 3 is 2.95 bits per heavy atom. The smallest absolute Gasteiger partial charge is 0.335 e. The highest BCUT2D eigenvalue weighted by molar-refractivity contribution is 5.92. The van der Waals surface area contributed by atoms with Crippen LogP contribution < -0.4 is 0 Å². The molecule has 96 valence electrons. The van der Waals surface area contributed by atoms with E-state index in [1.165, 1.54) is 6.07 Å². The molecule has 2 heterocycles. The maximum absolute atomic E-state index is 11.0. The molecule has 3 rings (SSSR count). The number of benzene rings is 1. The van der Waals surface area contributed by atoms with E-state index in [-0.39, 0.29) is 5.56 Å². The molecule has 3 aromatic rings. The standard InChI is InChI=1S/C12H11N5O2/c1-16-6-8(5-13-16)7-17-11-4-9(12(18)19)2-3-10(11)14-15-17/h2-6H,7H2,1H3,(H,18,19). The zero-order valence-corrected chi connectivity index (χ0v) is 10.2. The highest BCUT2D eigenvalue weighted by Crippen LogP contribution is 2.15. The normalized spacial score (nSPS) is 11.0. The summed E-state index contributed by atoms with van der Waals surface area (Å²) in [5.41, 5.74) is 2.58. The number of hydrogen-bond acceptors (Lipinski definition) is 4. The monoisotopic (exact) mass is 257 g/mol. The molecule has 1 aromatic carbocycles. The lowest BCUT2D eigenvalue weighted by atomic mass is 10.2. The number of carboxylic acid groups (broad SMARTS) is 1. The second-order valence-corrected chi connectivity index (χ2v) is 4.28. The van der Waals surface area contributed by atoms with Crippen LogP contribution in [0.5, 0.6) is 0 Å². The summed E-state index contributed by atoms with van der Waals surface area (Å²) >= 11 is 0. The molecule has 0 aliphatic heterocycles. The van der Waals surface area contributed by atoms with E-state index in [0.29, 0.717) is 17.6 Å². The Labute approximate surface area is 108 Å². The lowest BCUT2D eigenvalue weighted by Gasteiger charge is -2.00. The molecule has 0 amide bonds. The van der Waals surface area contributed by atoms with Gasteiger partial charge in [0.05, 0.1) is 23.8 Å². The fourth-order valence-electron chi connectivity index (χ4n) is 1.94. The molecule has 0 saturated carbocycles. The van der Waals surface area contributed by atoms with E-state index in [4.69, 9.17) is 5.11 Å². The third kappa shape index (κ3) is 2.05. The quantitative estimate of drug-likeness (QED) is 0.753. The number of fused-ring (bicyclic) bond motifs is 1. The zero-order valence-electron chi connectivity index (χ0n) is 10.2. The molecule has 0 unspecified atom stereocenters. The second-order valence-electron chi connectivity index (χ2n) is 4.28. The Morgan fingerprint density at radius 2 is 2.26 bits per heavy atom. The first kappa shape index (κ1) is 11.4. The van der Waals surface area contributed by atoms with Crippen LogP contribution in [0.1, 0.15) is 15.9 Å². The van der Waals surface area contributed by atoms with E-state index >= 15 is 0 Å². The van der Waals surface area contributed by atoms with Gasteiger partial charge >= 0.3 is 5.97 Å². The topological polar surface area (TPSA) is 85.8 Å². The van der Waals surface area contributed by atoms with Crippen LogP contribution in [-0.2, 0) is 13.6 Å². The Balaban J connectivity index is 2.03. The SMILES string of the molecule is Cn1cc(Cn2nnc3ccc(C(=O)O)cc32)cn1. The van der Waals surface area contributed by atoms with Gasteiger partial charge in [-0.15, -0.1) is 5.10 Å². The summed E-state index contributed by atoms with van der Waals surface area (Å²) in [6.07, 6.45) is 3.63. The minimum Gasteiger partial charge on any atom is -0.478 e. The number of carbonyl (C=O) groups is 1. The van der Waals surface area contributed by atoms with Crippen LogP contribution in [0.3, 0.4) is 0 Å². The molecule has 19 heavy (non-hydrogen) atoms. The van der Waals surface area contributed by atoms with Gasteiger partial charge in [0, 0.05) is 18.8 Å². The predicted octanol–water partition coefficient (Wildman–Crippen LogP) is 0.911. The average Bonchev–Trinajstić information content (AvgIpc) is 2.96. The zero-order chi connectivity index (χ0) is 13.4. The van der Waals surface area contributed by atoms with E-state index in [2.05, 4.69) is 15.4 Å². The summed E-state index contributed by atoms with van der Waals surface area (Å²) in [4.78, 5) is 11.0. The fourth-order valence-corrected chi connectivity index (χ4v) is 1.94. The van der Waals surface area contributed by atoms with Crippen molar-refractivity contribution < 1.29 is 9.90 Å². The van der Waals surface area contributed by atoms with E-state index in [0.717, 1.165) is 5.56 Å². The molecule has 0 fully saturated rings. The molecule has 7 nitrogen and oxygen atoms in total. The van der Waals surface area contributed by atoms with Gasteiger partial charge in [0.1, 0.15) is 5.52 Å². The van der Waals surface area contributed by atoms with Crippen molar-refractivity contribution in [3.05, 3.63) is 41.7 Å². The van der Waals surface area contributed by atoms with Crippen LogP contribution in [0.15, 0.2) is 30.6 Å². The number of aromatic nitrogens is 5. The van der Waals surface area contributed by atoms with Crippen molar-refractivity contribution in [2.24, 2.45) is 7.05 Å².